The van der Waals surface area contributed by atoms with Crippen molar-refractivity contribution in [3.63, 3.8) is 0 Å². The molecule has 1 aliphatic carbocycles. The highest BCUT2D eigenvalue weighted by Crippen LogP contribution is 2.40. The smallest absolute Gasteiger partial charge is 0.225 e. The van der Waals surface area contributed by atoms with E-state index in [0.29, 0.717) is 24.5 Å². The monoisotopic (exact) mass is 347 g/mol. The molecule has 1 saturated carbocycles. The van der Waals surface area contributed by atoms with E-state index in [1.54, 1.807) is 7.11 Å². The third-order valence-corrected chi connectivity index (χ3v) is 5.05. The maximum atomic E-state index is 12.5. The number of methoxy groups -OCH3 is 1. The average molecular weight is 348 g/mol. The Morgan fingerprint density at radius 2 is 1.85 bits per heavy atom. The molecule has 0 N–H and O–H groups in total. The molecular formula is C16H30BrNO2. The Kier molecular flexibility index (Phi) is 6.99. The van der Waals surface area contributed by atoms with Gasteiger partial charge in [-0.25, -0.2) is 0 Å². The van der Waals surface area contributed by atoms with Crippen LogP contribution in [0.4, 0.5) is 0 Å². The van der Waals surface area contributed by atoms with Crippen LogP contribution in [0.15, 0.2) is 0 Å². The van der Waals surface area contributed by atoms with Crippen molar-refractivity contribution >= 4 is 21.8 Å². The van der Waals surface area contributed by atoms with Gasteiger partial charge in [-0.3, -0.25) is 4.79 Å². The number of halogens is 1. The van der Waals surface area contributed by atoms with Crippen LogP contribution in [0.3, 0.4) is 0 Å². The van der Waals surface area contributed by atoms with E-state index in [1.807, 2.05) is 11.9 Å². The van der Waals surface area contributed by atoms with Crippen LogP contribution in [-0.4, -0.2) is 42.9 Å². The molecule has 0 radical (unpaired) electrons. The van der Waals surface area contributed by atoms with Crippen molar-refractivity contribution in [3.05, 3.63) is 0 Å². The molecule has 4 heteroatoms. The number of nitrogens with zero attached hydrogens (tertiary/aromatic N) is 1. The Morgan fingerprint density at radius 1 is 1.30 bits per heavy atom. The van der Waals surface area contributed by atoms with Crippen LogP contribution in [0.1, 0.15) is 46.5 Å². The number of hydrogen-bond donors (Lipinski definition) is 0. The van der Waals surface area contributed by atoms with Crippen LogP contribution in [0.2, 0.25) is 0 Å². The van der Waals surface area contributed by atoms with Crippen LogP contribution in [0.25, 0.3) is 0 Å². The molecule has 0 aromatic rings. The van der Waals surface area contributed by atoms with Crippen LogP contribution >= 0.6 is 15.9 Å². The summed E-state index contributed by atoms with van der Waals surface area (Å²) in [5.74, 6) is 1.29. The van der Waals surface area contributed by atoms with Gasteiger partial charge < -0.3 is 9.64 Å². The summed E-state index contributed by atoms with van der Waals surface area (Å²) in [6, 6.07) is 0. The molecule has 1 amide bonds. The van der Waals surface area contributed by atoms with E-state index < -0.39 is 0 Å². The fourth-order valence-corrected chi connectivity index (χ4v) is 3.84. The van der Waals surface area contributed by atoms with E-state index in [1.165, 1.54) is 12.8 Å². The first kappa shape index (κ1) is 18.0. The second-order valence-corrected chi connectivity index (χ2v) is 8.48. The van der Waals surface area contributed by atoms with Gasteiger partial charge in [-0.15, -0.1) is 0 Å². The van der Waals surface area contributed by atoms with Crippen molar-refractivity contribution in [1.29, 1.82) is 0 Å². The summed E-state index contributed by atoms with van der Waals surface area (Å²) in [5, 5.41) is 0. The van der Waals surface area contributed by atoms with Gasteiger partial charge in [-0.05, 0) is 37.0 Å². The molecule has 0 heterocycles. The second kappa shape index (κ2) is 7.79. The molecule has 1 unspecified atom stereocenters. The van der Waals surface area contributed by atoms with E-state index in [9.17, 15) is 4.79 Å². The molecule has 20 heavy (non-hydrogen) atoms. The van der Waals surface area contributed by atoms with E-state index in [2.05, 4.69) is 36.7 Å². The fraction of sp³-hybridized carbons (Fsp3) is 0.938. The first-order chi connectivity index (χ1) is 9.25. The van der Waals surface area contributed by atoms with E-state index >= 15 is 0 Å². The summed E-state index contributed by atoms with van der Waals surface area (Å²) in [6.07, 6.45) is 4.46. The Balaban J connectivity index is 2.42. The predicted octanol–water partition coefficient (Wildman–Crippen LogP) is 3.71. The summed E-state index contributed by atoms with van der Waals surface area (Å²) in [4.78, 5) is 14.5. The number of carbonyl (C=O) groups excluding carboxylic acids is 1. The van der Waals surface area contributed by atoms with Gasteiger partial charge in [0, 0.05) is 26.6 Å². The van der Waals surface area contributed by atoms with Gasteiger partial charge in [0.1, 0.15) is 0 Å². The van der Waals surface area contributed by atoms with Crippen LogP contribution in [0.5, 0.6) is 0 Å². The molecule has 0 bridgehead atoms. The lowest BCUT2D eigenvalue weighted by molar-refractivity contribution is -0.135. The number of rotatable bonds is 5. The van der Waals surface area contributed by atoms with Gasteiger partial charge in [0.15, 0.2) is 0 Å². The zero-order valence-electron chi connectivity index (χ0n) is 13.6. The molecule has 0 saturated heterocycles. The molecule has 118 valence electrons. The lowest BCUT2D eigenvalue weighted by Crippen LogP contribution is -2.39. The van der Waals surface area contributed by atoms with Crippen LogP contribution in [-0.2, 0) is 9.53 Å². The highest BCUT2D eigenvalue weighted by atomic mass is 79.9. The molecule has 0 aromatic heterocycles. The topological polar surface area (TPSA) is 29.5 Å². The van der Waals surface area contributed by atoms with E-state index in [0.717, 1.165) is 18.8 Å². The van der Waals surface area contributed by atoms with Crippen molar-refractivity contribution in [2.24, 2.45) is 17.3 Å². The van der Waals surface area contributed by atoms with Gasteiger partial charge in [0.25, 0.3) is 0 Å². The molecule has 1 fully saturated rings. The third-order valence-electron chi connectivity index (χ3n) is 4.50. The maximum absolute atomic E-state index is 12.5. The molecule has 0 aromatic carbocycles. The molecule has 3 nitrogen and oxygen atoms in total. The average Bonchev–Trinajstić information content (AvgIpc) is 2.37. The van der Waals surface area contributed by atoms with Gasteiger partial charge in [0.05, 0.1) is 11.4 Å². The van der Waals surface area contributed by atoms with E-state index in [4.69, 9.17) is 4.74 Å². The highest BCUT2D eigenvalue weighted by Gasteiger charge is 2.33. The Hall–Kier alpha value is -0.0900. The third kappa shape index (κ3) is 5.36. The minimum atomic E-state index is 0.215. The van der Waals surface area contributed by atoms with E-state index in [-0.39, 0.29) is 10.7 Å². The van der Waals surface area contributed by atoms with Crippen molar-refractivity contribution < 1.29 is 9.53 Å². The fourth-order valence-electron chi connectivity index (χ4n) is 3.14. The highest BCUT2D eigenvalue weighted by molar-refractivity contribution is 9.09. The SMILES string of the molecule is COCC(Br)CN(C)C(=O)C1CCC(C(C)(C)C)CC1. The Labute approximate surface area is 132 Å². The van der Waals surface area contributed by atoms with Gasteiger partial charge in [0.2, 0.25) is 5.91 Å². The Bertz CT molecular complexity index is 306. The van der Waals surface area contributed by atoms with Gasteiger partial charge >= 0.3 is 0 Å². The summed E-state index contributed by atoms with van der Waals surface area (Å²) in [7, 11) is 3.59. The number of ether oxygens (including phenoxy) is 1. The molecule has 0 spiro atoms. The van der Waals surface area contributed by atoms with Crippen molar-refractivity contribution in [2.45, 2.75) is 51.3 Å². The zero-order valence-corrected chi connectivity index (χ0v) is 15.2. The minimum absolute atomic E-state index is 0.215. The van der Waals surface area contributed by atoms with Crippen LogP contribution in [0, 0.1) is 17.3 Å². The molecule has 1 atom stereocenters. The second-order valence-electron chi connectivity index (χ2n) is 7.19. The summed E-state index contributed by atoms with van der Waals surface area (Å²) in [5.41, 5.74) is 0.374. The lowest BCUT2D eigenvalue weighted by Gasteiger charge is -2.37. The minimum Gasteiger partial charge on any atom is -0.383 e. The number of hydrogen-bond acceptors (Lipinski definition) is 2. The summed E-state index contributed by atoms with van der Waals surface area (Å²) in [6.45, 7) is 8.28. The molecule has 1 rings (SSSR count). The zero-order chi connectivity index (χ0) is 15.3. The summed E-state index contributed by atoms with van der Waals surface area (Å²) < 4.78 is 5.10. The van der Waals surface area contributed by atoms with Gasteiger partial charge in [-0.2, -0.15) is 0 Å². The molecule has 0 aliphatic heterocycles. The standard InChI is InChI=1S/C16H30BrNO2/c1-16(2,3)13-8-6-12(7-9-13)15(19)18(4)10-14(17)11-20-5/h12-14H,6-11H2,1-5H3. The van der Waals surface area contributed by atoms with Crippen molar-refractivity contribution in [2.75, 3.05) is 27.3 Å². The normalized spacial score (nSPS) is 25.3. The van der Waals surface area contributed by atoms with Crippen LogP contribution < -0.4 is 0 Å². The number of amides is 1. The first-order valence-electron chi connectivity index (χ1n) is 7.63. The summed E-state index contributed by atoms with van der Waals surface area (Å²) >= 11 is 3.55. The lowest BCUT2D eigenvalue weighted by atomic mass is 9.69. The molecular weight excluding hydrogens is 318 g/mol. The number of carbonyl (C=O) groups is 1. The quantitative estimate of drug-likeness (QED) is 0.709. The number of alkyl halides is 1. The first-order valence-corrected chi connectivity index (χ1v) is 8.55. The molecule has 1 aliphatic rings. The predicted molar refractivity (Wildman–Crippen MR) is 87.1 cm³/mol. The van der Waals surface area contributed by atoms with Gasteiger partial charge in [-0.1, -0.05) is 36.7 Å². The Morgan fingerprint density at radius 3 is 2.30 bits per heavy atom. The maximum Gasteiger partial charge on any atom is 0.225 e. The van der Waals surface area contributed by atoms with Crippen molar-refractivity contribution in [3.8, 4) is 0 Å². The van der Waals surface area contributed by atoms with Crippen molar-refractivity contribution in [1.82, 2.24) is 4.90 Å². The largest absolute Gasteiger partial charge is 0.383 e.